The molecule has 6 heteroatoms. The van der Waals surface area contributed by atoms with Gasteiger partial charge in [0.25, 0.3) is 0 Å². The smallest absolute Gasteiger partial charge is 0.134 e. The molecule has 0 fully saturated rings. The van der Waals surface area contributed by atoms with Gasteiger partial charge in [-0.2, -0.15) is 0 Å². The molecule has 86 valence electrons. The topological polar surface area (TPSA) is 9.23 Å². The molecule has 1 nitrogen and oxygen atoms in total. The van der Waals surface area contributed by atoms with E-state index in [1.807, 2.05) is 11.4 Å². The SMILES string of the molecule is COc1ccsc1C(Br)c1cc(Br)c(Br)s1. The number of methoxy groups -OCH3 is 1. The summed E-state index contributed by atoms with van der Waals surface area (Å²) in [4.78, 5) is 2.64. The molecule has 1 atom stereocenters. The third-order valence-corrected chi connectivity index (χ3v) is 7.86. The van der Waals surface area contributed by atoms with Gasteiger partial charge in [-0.1, -0.05) is 15.9 Å². The summed E-state index contributed by atoms with van der Waals surface area (Å²) >= 11 is 14.1. The first-order valence-corrected chi connectivity index (χ1v) is 8.53. The van der Waals surface area contributed by atoms with E-state index in [2.05, 4.69) is 53.9 Å². The van der Waals surface area contributed by atoms with Crippen molar-refractivity contribution in [3.63, 3.8) is 0 Å². The van der Waals surface area contributed by atoms with Gasteiger partial charge in [0, 0.05) is 9.35 Å². The van der Waals surface area contributed by atoms with E-state index in [1.54, 1.807) is 29.8 Å². The fourth-order valence-electron chi connectivity index (χ4n) is 1.28. The van der Waals surface area contributed by atoms with Gasteiger partial charge in [-0.25, -0.2) is 0 Å². The van der Waals surface area contributed by atoms with Crippen LogP contribution in [0.3, 0.4) is 0 Å². The summed E-state index contributed by atoms with van der Waals surface area (Å²) in [5.41, 5.74) is 0. The first-order valence-electron chi connectivity index (χ1n) is 4.33. The lowest BCUT2D eigenvalue weighted by atomic mass is 10.3. The molecular weight excluding hydrogens is 440 g/mol. The summed E-state index contributed by atoms with van der Waals surface area (Å²) < 4.78 is 7.53. The highest BCUT2D eigenvalue weighted by atomic mass is 79.9. The Morgan fingerprint density at radius 2 is 2.12 bits per heavy atom. The van der Waals surface area contributed by atoms with E-state index in [0.717, 1.165) is 14.0 Å². The van der Waals surface area contributed by atoms with Gasteiger partial charge < -0.3 is 4.74 Å². The highest BCUT2D eigenvalue weighted by Crippen LogP contribution is 2.45. The van der Waals surface area contributed by atoms with Crippen molar-refractivity contribution in [2.45, 2.75) is 4.83 Å². The highest BCUT2D eigenvalue weighted by Gasteiger charge is 2.19. The first kappa shape index (κ1) is 13.1. The van der Waals surface area contributed by atoms with Crippen LogP contribution in [0.5, 0.6) is 5.75 Å². The lowest BCUT2D eigenvalue weighted by Gasteiger charge is -2.07. The molecule has 2 rings (SSSR count). The number of ether oxygens (including phenoxy) is 1. The fourth-order valence-corrected chi connectivity index (χ4v) is 5.25. The van der Waals surface area contributed by atoms with E-state index in [1.165, 1.54) is 9.75 Å². The molecule has 0 bridgehead atoms. The number of hydrogen-bond donors (Lipinski definition) is 0. The zero-order chi connectivity index (χ0) is 11.7. The van der Waals surface area contributed by atoms with Crippen LogP contribution in [0.4, 0.5) is 0 Å². The summed E-state index contributed by atoms with van der Waals surface area (Å²) in [6.07, 6.45) is 0. The Hall–Kier alpha value is 0.640. The molecule has 2 aromatic rings. The summed E-state index contributed by atoms with van der Waals surface area (Å²) in [6.45, 7) is 0. The maximum Gasteiger partial charge on any atom is 0.134 e. The van der Waals surface area contributed by atoms with Crippen molar-refractivity contribution in [3.05, 3.63) is 35.5 Å². The minimum absolute atomic E-state index is 0.190. The second-order valence-corrected chi connectivity index (χ2v) is 8.11. The van der Waals surface area contributed by atoms with Gasteiger partial charge in [0.05, 0.1) is 20.6 Å². The number of thiophene rings is 2. The minimum Gasteiger partial charge on any atom is -0.496 e. The van der Waals surface area contributed by atoms with Gasteiger partial charge in [-0.15, -0.1) is 22.7 Å². The molecule has 16 heavy (non-hydrogen) atoms. The first-order chi connectivity index (χ1) is 7.63. The van der Waals surface area contributed by atoms with Crippen LogP contribution in [-0.2, 0) is 0 Å². The number of rotatable bonds is 3. The van der Waals surface area contributed by atoms with E-state index in [-0.39, 0.29) is 4.83 Å². The van der Waals surface area contributed by atoms with Crippen LogP contribution >= 0.6 is 70.5 Å². The van der Waals surface area contributed by atoms with Gasteiger partial charge in [0.2, 0.25) is 0 Å². The van der Waals surface area contributed by atoms with Crippen molar-refractivity contribution in [1.29, 1.82) is 0 Å². The van der Waals surface area contributed by atoms with Crippen molar-refractivity contribution in [2.24, 2.45) is 0 Å². The van der Waals surface area contributed by atoms with Crippen LogP contribution < -0.4 is 4.74 Å². The average molecular weight is 447 g/mol. The van der Waals surface area contributed by atoms with Crippen molar-refractivity contribution in [3.8, 4) is 5.75 Å². The highest BCUT2D eigenvalue weighted by molar-refractivity contribution is 9.13. The minimum atomic E-state index is 0.190. The van der Waals surface area contributed by atoms with Gasteiger partial charge in [0.15, 0.2) is 0 Å². The third kappa shape index (κ3) is 2.56. The molecule has 0 N–H and O–H groups in total. The molecule has 0 spiro atoms. The quantitative estimate of drug-likeness (QED) is 0.539. The molecule has 0 saturated carbocycles. The van der Waals surface area contributed by atoms with Crippen LogP contribution in [0.15, 0.2) is 25.8 Å². The predicted molar refractivity (Wildman–Crippen MR) is 81.4 cm³/mol. The average Bonchev–Trinajstić information content (AvgIpc) is 2.85. The lowest BCUT2D eigenvalue weighted by molar-refractivity contribution is 0.413. The molecule has 2 heterocycles. The maximum atomic E-state index is 5.33. The van der Waals surface area contributed by atoms with Gasteiger partial charge in [0.1, 0.15) is 5.75 Å². The van der Waals surface area contributed by atoms with Crippen LogP contribution in [0.2, 0.25) is 0 Å². The summed E-state index contributed by atoms with van der Waals surface area (Å²) in [5, 5.41) is 2.04. The van der Waals surface area contributed by atoms with Gasteiger partial charge in [-0.05, 0) is 49.4 Å². The maximum absolute atomic E-state index is 5.33. The predicted octanol–water partition coefficient (Wildman–Crippen LogP) is 5.83. The third-order valence-electron chi connectivity index (χ3n) is 2.02. The molecular formula is C10H7Br3OS2. The number of halogens is 3. The van der Waals surface area contributed by atoms with E-state index in [0.29, 0.717) is 0 Å². The molecule has 0 saturated heterocycles. The Bertz CT molecular complexity index is 472. The largest absolute Gasteiger partial charge is 0.496 e. The number of alkyl halides is 1. The molecule has 2 aromatic heterocycles. The van der Waals surface area contributed by atoms with Crippen molar-refractivity contribution in [2.75, 3.05) is 7.11 Å². The van der Waals surface area contributed by atoms with E-state index >= 15 is 0 Å². The van der Waals surface area contributed by atoms with Crippen LogP contribution in [0.25, 0.3) is 0 Å². The summed E-state index contributed by atoms with van der Waals surface area (Å²) in [5.74, 6) is 0.938. The molecule has 1 unspecified atom stereocenters. The second kappa shape index (κ2) is 5.52. The fraction of sp³-hybridized carbons (Fsp3) is 0.200. The van der Waals surface area contributed by atoms with E-state index < -0.39 is 0 Å². The van der Waals surface area contributed by atoms with Crippen molar-refractivity contribution in [1.82, 2.24) is 0 Å². The second-order valence-electron chi connectivity index (χ2n) is 2.99. The van der Waals surface area contributed by atoms with Gasteiger partial charge >= 0.3 is 0 Å². The van der Waals surface area contributed by atoms with Gasteiger partial charge in [-0.3, -0.25) is 0 Å². The van der Waals surface area contributed by atoms with Crippen LogP contribution in [0.1, 0.15) is 14.6 Å². The Kier molecular flexibility index (Phi) is 4.51. The molecule has 0 aliphatic rings. The van der Waals surface area contributed by atoms with E-state index in [9.17, 15) is 0 Å². The summed E-state index contributed by atoms with van der Waals surface area (Å²) in [7, 11) is 1.70. The monoisotopic (exact) mass is 444 g/mol. The Morgan fingerprint density at radius 3 is 2.69 bits per heavy atom. The Morgan fingerprint density at radius 1 is 1.38 bits per heavy atom. The van der Waals surface area contributed by atoms with Crippen molar-refractivity contribution >= 4 is 70.5 Å². The normalized spacial score (nSPS) is 12.8. The Balaban J connectivity index is 2.35. The molecule has 0 aliphatic carbocycles. The molecule has 0 aromatic carbocycles. The summed E-state index contributed by atoms with van der Waals surface area (Å²) in [6, 6.07) is 4.11. The molecule has 0 radical (unpaired) electrons. The lowest BCUT2D eigenvalue weighted by Crippen LogP contribution is -1.89. The van der Waals surface area contributed by atoms with E-state index in [4.69, 9.17) is 4.74 Å². The molecule has 0 amide bonds. The standard InChI is InChI=1S/C10H7Br3OS2/c1-14-6-2-3-15-9(6)8(12)7-4-5(11)10(13)16-7/h2-4,8H,1H3. The number of hydrogen-bond acceptors (Lipinski definition) is 3. The van der Waals surface area contributed by atoms with Crippen LogP contribution in [0, 0.1) is 0 Å². The molecule has 0 aliphatic heterocycles. The van der Waals surface area contributed by atoms with Crippen molar-refractivity contribution < 1.29 is 4.74 Å². The zero-order valence-corrected chi connectivity index (χ0v) is 14.6. The zero-order valence-electron chi connectivity index (χ0n) is 8.17. The Labute approximate surface area is 127 Å². The van der Waals surface area contributed by atoms with Crippen LogP contribution in [-0.4, -0.2) is 7.11 Å².